The number of aryl methyl sites for hydroxylation is 2. The van der Waals surface area contributed by atoms with Gasteiger partial charge in [0.25, 0.3) is 5.91 Å². The van der Waals surface area contributed by atoms with Crippen LogP contribution in [0.15, 0.2) is 22.7 Å². The summed E-state index contributed by atoms with van der Waals surface area (Å²) in [6.07, 6.45) is -5.64. The first kappa shape index (κ1) is 30.2. The molecule has 1 aromatic heterocycles. The Labute approximate surface area is 225 Å². The van der Waals surface area contributed by atoms with Gasteiger partial charge < -0.3 is 29.5 Å². The second-order valence-corrected chi connectivity index (χ2v) is 9.95. The van der Waals surface area contributed by atoms with Gasteiger partial charge in [0.1, 0.15) is 23.7 Å². The molecule has 0 bridgehead atoms. The number of methoxy groups -OCH3 is 1. The number of rotatable bonds is 5. The molecule has 39 heavy (non-hydrogen) atoms. The Bertz CT molecular complexity index is 1140. The van der Waals surface area contributed by atoms with Crippen molar-refractivity contribution in [2.75, 3.05) is 51.0 Å². The van der Waals surface area contributed by atoms with Crippen LogP contribution >= 0.6 is 0 Å². The van der Waals surface area contributed by atoms with Gasteiger partial charge in [0.15, 0.2) is 5.76 Å². The summed E-state index contributed by atoms with van der Waals surface area (Å²) in [5, 5.41) is 9.18. The number of likely N-dealkylation sites (N-methyl/N-ethyl adjacent to an activating group) is 1. The van der Waals surface area contributed by atoms with Crippen LogP contribution in [-0.4, -0.2) is 85.6 Å². The third-order valence-electron chi connectivity index (χ3n) is 6.79. The van der Waals surface area contributed by atoms with Crippen molar-refractivity contribution < 1.29 is 36.8 Å². The molecule has 10 nitrogen and oxygen atoms in total. The average Bonchev–Trinajstić information content (AvgIpc) is 3.18. The second kappa shape index (κ2) is 12.7. The van der Waals surface area contributed by atoms with Crippen molar-refractivity contribution in [1.82, 2.24) is 15.0 Å². The number of fused-ring (bicyclic) bond motifs is 1. The lowest BCUT2D eigenvalue weighted by atomic mass is 10.0. The maximum Gasteiger partial charge on any atom is 0.390 e. The van der Waals surface area contributed by atoms with E-state index >= 15 is 0 Å². The zero-order valence-electron chi connectivity index (χ0n) is 23.0. The van der Waals surface area contributed by atoms with Gasteiger partial charge in [0, 0.05) is 51.6 Å². The Kier molecular flexibility index (Phi) is 9.83. The van der Waals surface area contributed by atoms with E-state index in [9.17, 15) is 22.8 Å². The molecular weight excluding hydrogens is 519 g/mol. The average molecular weight is 556 g/mol. The minimum Gasteiger partial charge on any atom is -0.491 e. The molecule has 1 aliphatic heterocycles. The Morgan fingerprint density at radius 2 is 1.92 bits per heavy atom. The van der Waals surface area contributed by atoms with Crippen molar-refractivity contribution in [1.29, 1.82) is 0 Å². The monoisotopic (exact) mass is 555 g/mol. The number of carbonyl (C=O) groups is 2. The Balaban J connectivity index is 1.87. The first-order valence-corrected chi connectivity index (χ1v) is 12.7. The minimum atomic E-state index is -4.29. The van der Waals surface area contributed by atoms with Gasteiger partial charge in [-0.15, -0.1) is 0 Å². The predicted octanol–water partition coefficient (Wildman–Crippen LogP) is 4.69. The molecule has 3 amide bonds. The van der Waals surface area contributed by atoms with Crippen LogP contribution in [0.1, 0.15) is 42.1 Å². The van der Waals surface area contributed by atoms with E-state index < -0.39 is 30.8 Å². The molecule has 2 N–H and O–H groups in total. The number of ether oxygens (including phenoxy) is 2. The van der Waals surface area contributed by atoms with Gasteiger partial charge in [-0.2, -0.15) is 13.2 Å². The van der Waals surface area contributed by atoms with Crippen LogP contribution in [0.4, 0.5) is 29.3 Å². The molecule has 0 saturated carbocycles. The predicted molar refractivity (Wildman–Crippen MR) is 139 cm³/mol. The quantitative estimate of drug-likeness (QED) is 0.551. The SMILES string of the molecule is CO[C@H]1CN(C)C(=O)c2ccc(NC(=O)Nc3c(C)noc3C)cc2OC[C@H](C)N(CCC(F)(F)F)C[C@H]1C. The van der Waals surface area contributed by atoms with E-state index in [1.807, 2.05) is 6.92 Å². The topological polar surface area (TPSA) is 109 Å². The highest BCUT2D eigenvalue weighted by Gasteiger charge is 2.32. The van der Waals surface area contributed by atoms with Crippen LogP contribution in [-0.2, 0) is 4.74 Å². The van der Waals surface area contributed by atoms with Crippen molar-refractivity contribution in [3.63, 3.8) is 0 Å². The van der Waals surface area contributed by atoms with E-state index in [1.54, 1.807) is 44.9 Å². The molecule has 1 aliphatic rings. The number of anilines is 2. The number of halogens is 3. The molecule has 0 spiro atoms. The summed E-state index contributed by atoms with van der Waals surface area (Å²) in [6, 6.07) is 3.69. The van der Waals surface area contributed by atoms with Crippen LogP contribution in [0.3, 0.4) is 0 Å². The van der Waals surface area contributed by atoms with Crippen molar-refractivity contribution in [2.45, 2.75) is 52.4 Å². The molecule has 0 saturated heterocycles. The molecule has 13 heteroatoms. The Morgan fingerprint density at radius 1 is 1.21 bits per heavy atom. The van der Waals surface area contributed by atoms with Crippen molar-refractivity contribution in [3.05, 3.63) is 35.2 Å². The summed E-state index contributed by atoms with van der Waals surface area (Å²) >= 11 is 0. The molecule has 2 aromatic rings. The number of urea groups is 1. The van der Waals surface area contributed by atoms with Crippen LogP contribution in [0.5, 0.6) is 5.75 Å². The van der Waals surface area contributed by atoms with Crippen LogP contribution in [0.2, 0.25) is 0 Å². The number of alkyl halides is 3. The number of hydrogen-bond acceptors (Lipinski definition) is 7. The third kappa shape index (κ3) is 8.09. The molecular formula is C26H36F3N5O5. The molecule has 0 radical (unpaired) electrons. The summed E-state index contributed by atoms with van der Waals surface area (Å²) < 4.78 is 55.8. The Morgan fingerprint density at radius 3 is 2.54 bits per heavy atom. The first-order valence-electron chi connectivity index (χ1n) is 12.7. The fraction of sp³-hybridized carbons (Fsp3) is 0.577. The maximum absolute atomic E-state index is 13.3. The van der Waals surface area contributed by atoms with Crippen LogP contribution in [0, 0.1) is 19.8 Å². The summed E-state index contributed by atoms with van der Waals surface area (Å²) in [7, 11) is 3.15. The van der Waals surface area contributed by atoms with E-state index in [1.165, 1.54) is 18.1 Å². The molecule has 2 heterocycles. The zero-order chi connectivity index (χ0) is 28.9. The van der Waals surface area contributed by atoms with Crippen molar-refractivity contribution in [3.8, 4) is 5.75 Å². The summed E-state index contributed by atoms with van der Waals surface area (Å²) in [6.45, 7) is 7.43. The normalized spacial score (nSPS) is 21.4. The van der Waals surface area contributed by atoms with E-state index in [0.29, 0.717) is 29.4 Å². The van der Waals surface area contributed by atoms with Gasteiger partial charge in [0.2, 0.25) is 0 Å². The number of benzene rings is 1. The smallest absolute Gasteiger partial charge is 0.390 e. The fourth-order valence-corrected chi connectivity index (χ4v) is 4.44. The maximum atomic E-state index is 13.3. The van der Waals surface area contributed by atoms with Gasteiger partial charge in [-0.05, 0) is 38.8 Å². The lowest BCUT2D eigenvalue weighted by Gasteiger charge is -2.36. The highest BCUT2D eigenvalue weighted by atomic mass is 19.4. The lowest BCUT2D eigenvalue weighted by Crippen LogP contribution is -2.47. The second-order valence-electron chi connectivity index (χ2n) is 9.95. The molecule has 216 valence electrons. The zero-order valence-corrected chi connectivity index (χ0v) is 23.0. The van der Waals surface area contributed by atoms with Crippen molar-refractivity contribution in [2.24, 2.45) is 5.92 Å². The lowest BCUT2D eigenvalue weighted by molar-refractivity contribution is -0.140. The highest BCUT2D eigenvalue weighted by molar-refractivity contribution is 6.02. The van der Waals surface area contributed by atoms with Gasteiger partial charge >= 0.3 is 12.2 Å². The number of nitrogens with one attached hydrogen (secondary N) is 2. The molecule has 0 fully saturated rings. The minimum absolute atomic E-state index is 0.0287. The Hall–Kier alpha value is -3.32. The van der Waals surface area contributed by atoms with Crippen LogP contribution < -0.4 is 15.4 Å². The van der Waals surface area contributed by atoms with Crippen LogP contribution in [0.25, 0.3) is 0 Å². The fourth-order valence-electron chi connectivity index (χ4n) is 4.44. The van der Waals surface area contributed by atoms with Gasteiger partial charge in [-0.1, -0.05) is 12.1 Å². The number of amides is 3. The highest BCUT2D eigenvalue weighted by Crippen LogP contribution is 2.28. The number of carbonyl (C=O) groups excluding carboxylic acids is 2. The molecule has 3 rings (SSSR count). The molecule has 3 atom stereocenters. The number of hydrogen-bond donors (Lipinski definition) is 2. The standard InChI is InChI=1S/C26H36F3N5O5/c1-15-12-34(10-9-26(27,28)29)16(2)14-38-21-11-19(30-25(36)31-23-17(3)32-39-18(23)4)7-8-20(21)24(35)33(5)13-22(15)37-6/h7-8,11,15-16,22H,9-10,12-14H2,1-6H3,(H2,30,31,36)/t15-,16+,22+/m1/s1. The summed E-state index contributed by atoms with van der Waals surface area (Å²) in [4.78, 5) is 29.2. The third-order valence-corrected chi connectivity index (χ3v) is 6.79. The van der Waals surface area contributed by atoms with E-state index in [0.717, 1.165) is 0 Å². The number of aromatic nitrogens is 1. The molecule has 1 aromatic carbocycles. The van der Waals surface area contributed by atoms with E-state index in [4.69, 9.17) is 14.0 Å². The van der Waals surface area contributed by atoms with E-state index in [2.05, 4.69) is 15.8 Å². The van der Waals surface area contributed by atoms with Crippen molar-refractivity contribution >= 4 is 23.3 Å². The summed E-state index contributed by atoms with van der Waals surface area (Å²) in [5.41, 5.74) is 1.57. The van der Waals surface area contributed by atoms with E-state index in [-0.39, 0.29) is 42.8 Å². The van der Waals surface area contributed by atoms with Gasteiger partial charge in [-0.3, -0.25) is 9.69 Å². The number of nitrogens with zero attached hydrogens (tertiary/aromatic N) is 3. The largest absolute Gasteiger partial charge is 0.491 e. The molecule has 0 unspecified atom stereocenters. The van der Waals surface area contributed by atoms with Gasteiger partial charge in [0.05, 0.1) is 18.1 Å². The van der Waals surface area contributed by atoms with Gasteiger partial charge in [-0.25, -0.2) is 4.79 Å². The first-order chi connectivity index (χ1) is 18.3. The summed E-state index contributed by atoms with van der Waals surface area (Å²) in [5.74, 6) is 0.188. The molecule has 0 aliphatic carbocycles.